The number of anilines is 1. The average Bonchev–Trinajstić information content (AvgIpc) is 2.55. The summed E-state index contributed by atoms with van der Waals surface area (Å²) in [4.78, 5) is 0. The molecule has 1 rings (SSSR count). The molecule has 0 amide bonds. The van der Waals surface area contributed by atoms with Crippen molar-refractivity contribution < 1.29 is 14.2 Å². The predicted molar refractivity (Wildman–Crippen MR) is 97.1 cm³/mol. The van der Waals surface area contributed by atoms with Gasteiger partial charge in [0.1, 0.15) is 0 Å². The van der Waals surface area contributed by atoms with E-state index in [0.717, 1.165) is 18.7 Å². The van der Waals surface area contributed by atoms with Crippen LogP contribution < -0.4 is 19.5 Å². The van der Waals surface area contributed by atoms with Gasteiger partial charge in [-0.15, -0.1) is 0 Å². The molecule has 0 atom stereocenters. The molecule has 1 aromatic carbocycles. The molecule has 0 radical (unpaired) electrons. The standard InChI is InChI=1S/C19H31NO3/c1-15(2)11-9-7-6-8-10-12-20-16-13-17(21-3)19(23-5)18(14-16)22-4/h11,13-14,20H,6-10,12H2,1-5H3. The Hall–Kier alpha value is -1.84. The first kappa shape index (κ1) is 19.2. The van der Waals surface area contributed by atoms with Crippen molar-refractivity contribution in [2.24, 2.45) is 0 Å². The normalized spacial score (nSPS) is 10.1. The van der Waals surface area contributed by atoms with Gasteiger partial charge in [0.05, 0.1) is 21.3 Å². The van der Waals surface area contributed by atoms with E-state index in [0.29, 0.717) is 17.2 Å². The molecule has 0 aliphatic heterocycles. The summed E-state index contributed by atoms with van der Waals surface area (Å²) in [6, 6.07) is 3.88. The number of hydrogen-bond donors (Lipinski definition) is 1. The molecule has 0 aliphatic rings. The molecule has 0 fully saturated rings. The Labute approximate surface area is 140 Å². The van der Waals surface area contributed by atoms with Crippen LogP contribution in [0.4, 0.5) is 5.69 Å². The maximum absolute atomic E-state index is 5.36. The minimum atomic E-state index is 0.625. The van der Waals surface area contributed by atoms with Crippen LogP contribution in [0.25, 0.3) is 0 Å². The Balaban J connectivity index is 2.39. The smallest absolute Gasteiger partial charge is 0.203 e. The number of unbranched alkanes of at least 4 members (excludes halogenated alkanes) is 4. The number of ether oxygens (including phenoxy) is 3. The summed E-state index contributed by atoms with van der Waals surface area (Å²) >= 11 is 0. The molecule has 0 aromatic heterocycles. The molecule has 0 spiro atoms. The van der Waals surface area contributed by atoms with E-state index in [2.05, 4.69) is 25.2 Å². The lowest BCUT2D eigenvalue weighted by Crippen LogP contribution is -2.03. The minimum absolute atomic E-state index is 0.625. The fourth-order valence-electron chi connectivity index (χ4n) is 2.43. The second-order valence-corrected chi connectivity index (χ2v) is 5.83. The van der Waals surface area contributed by atoms with Crippen LogP contribution in [0.3, 0.4) is 0 Å². The molecule has 4 heteroatoms. The largest absolute Gasteiger partial charge is 0.493 e. The molecule has 1 N–H and O–H groups in total. The van der Waals surface area contributed by atoms with Crippen molar-refractivity contribution in [2.45, 2.75) is 46.0 Å². The summed E-state index contributed by atoms with van der Waals surface area (Å²) in [5.41, 5.74) is 2.40. The highest BCUT2D eigenvalue weighted by Gasteiger charge is 2.12. The van der Waals surface area contributed by atoms with Gasteiger partial charge < -0.3 is 19.5 Å². The highest BCUT2D eigenvalue weighted by Crippen LogP contribution is 2.39. The Morgan fingerprint density at radius 1 is 0.913 bits per heavy atom. The van der Waals surface area contributed by atoms with Crippen LogP contribution in [0.5, 0.6) is 17.2 Å². The molecular weight excluding hydrogens is 290 g/mol. The number of methoxy groups -OCH3 is 3. The lowest BCUT2D eigenvalue weighted by Gasteiger charge is -2.15. The molecule has 0 saturated carbocycles. The summed E-state index contributed by atoms with van der Waals surface area (Å²) in [7, 11) is 4.88. The molecule has 23 heavy (non-hydrogen) atoms. The van der Waals surface area contributed by atoms with Crippen LogP contribution in [0.2, 0.25) is 0 Å². The quantitative estimate of drug-likeness (QED) is 0.458. The second-order valence-electron chi connectivity index (χ2n) is 5.83. The zero-order valence-electron chi connectivity index (χ0n) is 15.2. The zero-order valence-corrected chi connectivity index (χ0v) is 15.2. The average molecular weight is 321 g/mol. The van der Waals surface area contributed by atoms with E-state index in [1.165, 1.54) is 31.3 Å². The molecule has 1 aromatic rings. The van der Waals surface area contributed by atoms with Gasteiger partial charge in [-0.05, 0) is 33.1 Å². The lowest BCUT2D eigenvalue weighted by atomic mass is 10.1. The summed E-state index contributed by atoms with van der Waals surface area (Å²) in [5.74, 6) is 1.98. The van der Waals surface area contributed by atoms with Gasteiger partial charge in [-0.1, -0.05) is 24.5 Å². The first-order chi connectivity index (χ1) is 11.1. The first-order valence-corrected chi connectivity index (χ1v) is 8.29. The topological polar surface area (TPSA) is 39.7 Å². The Morgan fingerprint density at radius 3 is 2.04 bits per heavy atom. The van der Waals surface area contributed by atoms with Gasteiger partial charge in [0.2, 0.25) is 5.75 Å². The minimum Gasteiger partial charge on any atom is -0.493 e. The van der Waals surface area contributed by atoms with Crippen molar-refractivity contribution >= 4 is 5.69 Å². The van der Waals surface area contributed by atoms with Crippen LogP contribution in [0, 0.1) is 0 Å². The molecule has 0 saturated heterocycles. The SMILES string of the molecule is COc1cc(NCCCCCCC=C(C)C)cc(OC)c1OC. The molecule has 0 aliphatic carbocycles. The zero-order chi connectivity index (χ0) is 17.1. The maximum atomic E-state index is 5.36. The lowest BCUT2D eigenvalue weighted by molar-refractivity contribution is 0.324. The van der Waals surface area contributed by atoms with Crippen LogP contribution >= 0.6 is 0 Å². The molecule has 4 nitrogen and oxygen atoms in total. The monoisotopic (exact) mass is 321 g/mol. The molecule has 0 heterocycles. The molecular formula is C19H31NO3. The summed E-state index contributed by atoms with van der Waals surface area (Å²) in [6.45, 7) is 5.25. The van der Waals surface area contributed by atoms with E-state index in [1.807, 2.05) is 12.1 Å². The van der Waals surface area contributed by atoms with Gasteiger partial charge in [0.25, 0.3) is 0 Å². The van der Waals surface area contributed by atoms with Crippen LogP contribution in [-0.4, -0.2) is 27.9 Å². The third-order valence-electron chi connectivity index (χ3n) is 3.68. The van der Waals surface area contributed by atoms with E-state index in [9.17, 15) is 0 Å². The van der Waals surface area contributed by atoms with Crippen LogP contribution in [0.15, 0.2) is 23.8 Å². The van der Waals surface area contributed by atoms with Crippen LogP contribution in [0.1, 0.15) is 46.0 Å². The maximum Gasteiger partial charge on any atom is 0.203 e. The van der Waals surface area contributed by atoms with Gasteiger partial charge in [-0.2, -0.15) is 0 Å². The van der Waals surface area contributed by atoms with Gasteiger partial charge in [-0.3, -0.25) is 0 Å². The van der Waals surface area contributed by atoms with Gasteiger partial charge in [-0.25, -0.2) is 0 Å². The van der Waals surface area contributed by atoms with E-state index in [-0.39, 0.29) is 0 Å². The van der Waals surface area contributed by atoms with E-state index >= 15 is 0 Å². The van der Waals surface area contributed by atoms with Crippen molar-refractivity contribution in [1.82, 2.24) is 0 Å². The summed E-state index contributed by atoms with van der Waals surface area (Å²) < 4.78 is 16.0. The van der Waals surface area contributed by atoms with E-state index in [4.69, 9.17) is 14.2 Å². The van der Waals surface area contributed by atoms with Crippen molar-refractivity contribution in [3.8, 4) is 17.2 Å². The molecule has 0 bridgehead atoms. The highest BCUT2D eigenvalue weighted by atomic mass is 16.5. The fourth-order valence-corrected chi connectivity index (χ4v) is 2.43. The third-order valence-corrected chi connectivity index (χ3v) is 3.68. The molecule has 130 valence electrons. The third kappa shape index (κ3) is 6.85. The number of hydrogen-bond acceptors (Lipinski definition) is 4. The number of benzene rings is 1. The summed E-state index contributed by atoms with van der Waals surface area (Å²) in [5, 5.41) is 3.43. The fraction of sp³-hybridized carbons (Fsp3) is 0.579. The van der Waals surface area contributed by atoms with Crippen LogP contribution in [-0.2, 0) is 0 Å². The number of allylic oxidation sites excluding steroid dienone is 2. The van der Waals surface area contributed by atoms with Gasteiger partial charge >= 0.3 is 0 Å². The van der Waals surface area contributed by atoms with Crippen molar-refractivity contribution in [1.29, 1.82) is 0 Å². The van der Waals surface area contributed by atoms with Crippen molar-refractivity contribution in [3.05, 3.63) is 23.8 Å². The summed E-state index contributed by atoms with van der Waals surface area (Å²) in [6.07, 6.45) is 8.46. The van der Waals surface area contributed by atoms with Crippen molar-refractivity contribution in [3.63, 3.8) is 0 Å². The number of nitrogens with one attached hydrogen (secondary N) is 1. The Morgan fingerprint density at radius 2 is 1.52 bits per heavy atom. The predicted octanol–water partition coefficient (Wildman–Crippen LogP) is 5.04. The van der Waals surface area contributed by atoms with Gasteiger partial charge in [0.15, 0.2) is 11.5 Å². The molecule has 0 unspecified atom stereocenters. The van der Waals surface area contributed by atoms with Gasteiger partial charge in [0, 0.05) is 24.4 Å². The van der Waals surface area contributed by atoms with E-state index in [1.54, 1.807) is 21.3 Å². The second kappa shape index (κ2) is 10.8. The number of rotatable bonds is 11. The Kier molecular flexibility index (Phi) is 9.03. The van der Waals surface area contributed by atoms with E-state index < -0.39 is 0 Å². The Bertz CT molecular complexity index is 468. The first-order valence-electron chi connectivity index (χ1n) is 8.29. The van der Waals surface area contributed by atoms with Crippen molar-refractivity contribution in [2.75, 3.05) is 33.2 Å². The highest BCUT2D eigenvalue weighted by molar-refractivity contribution is 5.62.